The molecule has 0 aliphatic heterocycles. The highest BCUT2D eigenvalue weighted by molar-refractivity contribution is 7.99. The summed E-state index contributed by atoms with van der Waals surface area (Å²) in [5.41, 5.74) is 0.979. The lowest BCUT2D eigenvalue weighted by Crippen LogP contribution is -2.09. The predicted octanol–water partition coefficient (Wildman–Crippen LogP) is 3.32. The summed E-state index contributed by atoms with van der Waals surface area (Å²) < 4.78 is 5.92. The third kappa shape index (κ3) is 5.09. The molecular formula is C11H18N2OS2. The van der Waals surface area contributed by atoms with E-state index in [2.05, 4.69) is 30.7 Å². The van der Waals surface area contributed by atoms with Gasteiger partial charge in [0.2, 0.25) is 0 Å². The first kappa shape index (κ1) is 13.7. The van der Waals surface area contributed by atoms with Crippen LogP contribution in [0.15, 0.2) is 6.07 Å². The molecule has 1 N–H and O–H groups in total. The molecule has 0 unspecified atom stereocenters. The second-order valence-electron chi connectivity index (χ2n) is 4.53. The summed E-state index contributed by atoms with van der Waals surface area (Å²) in [6.45, 7) is 7.10. The monoisotopic (exact) mass is 258 g/mol. The van der Waals surface area contributed by atoms with Gasteiger partial charge in [-0.25, -0.2) is 4.98 Å². The Morgan fingerprint density at radius 2 is 2.19 bits per heavy atom. The van der Waals surface area contributed by atoms with E-state index in [1.165, 1.54) is 0 Å². The van der Waals surface area contributed by atoms with E-state index in [0.29, 0.717) is 11.2 Å². The van der Waals surface area contributed by atoms with E-state index in [0.717, 1.165) is 17.3 Å². The zero-order valence-electron chi connectivity index (χ0n) is 10.2. The average molecular weight is 258 g/mol. The number of nitrogens with one attached hydrogen (secondary N) is 1. The van der Waals surface area contributed by atoms with Crippen molar-refractivity contribution in [3.8, 4) is 0 Å². The smallest absolute Gasteiger partial charge is 0.130 e. The lowest BCUT2D eigenvalue weighted by Gasteiger charge is -2.17. The Kier molecular flexibility index (Phi) is 4.95. The molecule has 1 heterocycles. The highest BCUT2D eigenvalue weighted by Crippen LogP contribution is 2.25. The highest BCUT2D eigenvalue weighted by atomic mass is 32.2. The molecule has 1 rings (SSSR count). The molecule has 0 spiro atoms. The summed E-state index contributed by atoms with van der Waals surface area (Å²) in [5, 5.41) is 0. The minimum atomic E-state index is 0.231. The molecule has 0 aliphatic carbocycles. The normalized spacial score (nSPS) is 11.8. The van der Waals surface area contributed by atoms with E-state index in [1.54, 1.807) is 7.11 Å². The number of H-pyrrole nitrogens is 1. The Morgan fingerprint density at radius 1 is 1.50 bits per heavy atom. The third-order valence-electron chi connectivity index (χ3n) is 1.79. The van der Waals surface area contributed by atoms with E-state index in [4.69, 9.17) is 17.0 Å². The summed E-state index contributed by atoms with van der Waals surface area (Å²) in [4.78, 5) is 7.54. The van der Waals surface area contributed by atoms with Crippen molar-refractivity contribution in [1.82, 2.24) is 9.97 Å². The predicted molar refractivity (Wildman–Crippen MR) is 71.2 cm³/mol. The zero-order chi connectivity index (χ0) is 12.2. The molecule has 16 heavy (non-hydrogen) atoms. The molecule has 0 bridgehead atoms. The molecule has 0 atom stereocenters. The van der Waals surface area contributed by atoms with Crippen molar-refractivity contribution < 1.29 is 4.74 Å². The van der Waals surface area contributed by atoms with Gasteiger partial charge in [0.1, 0.15) is 10.5 Å². The molecule has 0 aliphatic rings. The lowest BCUT2D eigenvalue weighted by atomic mass is 10.3. The van der Waals surface area contributed by atoms with Gasteiger partial charge < -0.3 is 9.72 Å². The van der Waals surface area contributed by atoms with Gasteiger partial charge in [-0.1, -0.05) is 33.0 Å². The lowest BCUT2D eigenvalue weighted by molar-refractivity contribution is 0.181. The number of aromatic amines is 1. The van der Waals surface area contributed by atoms with Gasteiger partial charge in [-0.2, -0.15) is 0 Å². The van der Waals surface area contributed by atoms with Gasteiger partial charge in [0.15, 0.2) is 0 Å². The fraction of sp³-hybridized carbons (Fsp3) is 0.636. The maximum absolute atomic E-state index is 5.11. The molecule has 0 amide bonds. The van der Waals surface area contributed by atoms with Gasteiger partial charge in [0, 0.05) is 17.6 Å². The number of ether oxygens (including phenoxy) is 1. The van der Waals surface area contributed by atoms with Crippen LogP contribution in [0.2, 0.25) is 0 Å². The minimum absolute atomic E-state index is 0.231. The maximum Gasteiger partial charge on any atom is 0.130 e. The summed E-state index contributed by atoms with van der Waals surface area (Å²) >= 11 is 6.95. The van der Waals surface area contributed by atoms with E-state index in [1.807, 2.05) is 17.8 Å². The Hall–Kier alpha value is -0.390. The van der Waals surface area contributed by atoms with Crippen molar-refractivity contribution >= 4 is 24.0 Å². The van der Waals surface area contributed by atoms with Crippen LogP contribution in [-0.2, 0) is 17.1 Å². The molecule has 3 nitrogen and oxygen atoms in total. The van der Waals surface area contributed by atoms with Crippen molar-refractivity contribution in [3.63, 3.8) is 0 Å². The van der Waals surface area contributed by atoms with Crippen molar-refractivity contribution in [3.05, 3.63) is 22.2 Å². The fourth-order valence-corrected chi connectivity index (χ4v) is 2.11. The van der Waals surface area contributed by atoms with Crippen LogP contribution in [-0.4, -0.2) is 21.8 Å². The second-order valence-corrected chi connectivity index (χ2v) is 6.75. The second kappa shape index (κ2) is 5.80. The molecule has 0 fully saturated rings. The summed E-state index contributed by atoms with van der Waals surface area (Å²) in [5.74, 6) is 1.75. The van der Waals surface area contributed by atoms with Gasteiger partial charge in [-0.05, 0) is 6.07 Å². The van der Waals surface area contributed by atoms with Crippen molar-refractivity contribution in [2.75, 3.05) is 7.11 Å². The van der Waals surface area contributed by atoms with Crippen LogP contribution in [0.3, 0.4) is 0 Å². The van der Waals surface area contributed by atoms with Crippen molar-refractivity contribution in [2.45, 2.75) is 37.9 Å². The first-order valence-corrected chi connectivity index (χ1v) is 6.52. The number of nitrogens with zero attached hydrogens (tertiary/aromatic N) is 1. The Morgan fingerprint density at radius 3 is 2.75 bits per heavy atom. The molecular weight excluding hydrogens is 240 g/mol. The number of rotatable bonds is 4. The SMILES string of the molecule is COCc1cc(=S)nc(CSC(C)(C)C)[nH]1. The van der Waals surface area contributed by atoms with Gasteiger partial charge in [0.05, 0.1) is 12.4 Å². The van der Waals surface area contributed by atoms with Crippen molar-refractivity contribution in [1.29, 1.82) is 0 Å². The molecule has 5 heteroatoms. The first-order chi connectivity index (χ1) is 7.40. The van der Waals surface area contributed by atoms with Crippen LogP contribution in [0.4, 0.5) is 0 Å². The fourth-order valence-electron chi connectivity index (χ4n) is 1.15. The topological polar surface area (TPSA) is 37.9 Å². The molecule has 0 saturated carbocycles. The molecule has 0 radical (unpaired) electrons. The Bertz CT molecular complexity index is 396. The largest absolute Gasteiger partial charge is 0.378 e. The Labute approximate surface area is 106 Å². The molecule has 0 saturated heterocycles. The summed E-state index contributed by atoms with van der Waals surface area (Å²) in [7, 11) is 1.67. The van der Waals surface area contributed by atoms with E-state index in [-0.39, 0.29) is 4.75 Å². The Balaban J connectivity index is 2.76. The van der Waals surface area contributed by atoms with Crippen LogP contribution >= 0.6 is 24.0 Å². The van der Waals surface area contributed by atoms with Crippen LogP contribution in [0.5, 0.6) is 0 Å². The summed E-state index contributed by atoms with van der Waals surface area (Å²) in [6, 6.07) is 1.84. The minimum Gasteiger partial charge on any atom is -0.378 e. The summed E-state index contributed by atoms with van der Waals surface area (Å²) in [6.07, 6.45) is 0. The van der Waals surface area contributed by atoms with Crippen molar-refractivity contribution in [2.24, 2.45) is 0 Å². The molecule has 1 aromatic rings. The third-order valence-corrected chi connectivity index (χ3v) is 3.28. The van der Waals surface area contributed by atoms with E-state index in [9.17, 15) is 0 Å². The van der Waals surface area contributed by atoms with Crippen LogP contribution in [0.25, 0.3) is 0 Å². The van der Waals surface area contributed by atoms with Gasteiger partial charge >= 0.3 is 0 Å². The molecule has 0 aromatic carbocycles. The standard InChI is InChI=1S/C11H18N2OS2/c1-11(2,3)16-7-9-12-8(6-14-4)5-10(15)13-9/h5H,6-7H2,1-4H3,(H,12,13,15). The molecule has 1 aromatic heterocycles. The van der Waals surface area contributed by atoms with Crippen LogP contribution in [0.1, 0.15) is 32.3 Å². The zero-order valence-corrected chi connectivity index (χ0v) is 11.8. The number of thioether (sulfide) groups is 1. The highest BCUT2D eigenvalue weighted by Gasteiger charge is 2.11. The van der Waals surface area contributed by atoms with Gasteiger partial charge in [0.25, 0.3) is 0 Å². The van der Waals surface area contributed by atoms with Crippen LogP contribution < -0.4 is 0 Å². The van der Waals surface area contributed by atoms with E-state index >= 15 is 0 Å². The number of hydrogen-bond acceptors (Lipinski definition) is 4. The average Bonchev–Trinajstić information content (AvgIpc) is 2.13. The van der Waals surface area contributed by atoms with E-state index < -0.39 is 0 Å². The number of methoxy groups -OCH3 is 1. The molecule has 90 valence electrons. The van der Waals surface area contributed by atoms with Gasteiger partial charge in [-0.15, -0.1) is 11.8 Å². The number of aromatic nitrogens is 2. The van der Waals surface area contributed by atoms with Gasteiger partial charge in [-0.3, -0.25) is 0 Å². The first-order valence-electron chi connectivity index (χ1n) is 5.13. The number of hydrogen-bond donors (Lipinski definition) is 1. The maximum atomic E-state index is 5.11. The quantitative estimate of drug-likeness (QED) is 0.841. The van der Waals surface area contributed by atoms with Crippen LogP contribution in [0, 0.1) is 4.64 Å².